The molecule has 4 N–H and O–H groups in total. The van der Waals surface area contributed by atoms with Gasteiger partial charge in [-0.25, -0.2) is 4.79 Å². The number of carbonyl (C=O) groups excluding carboxylic acids is 1. The number of benzene rings is 3. The van der Waals surface area contributed by atoms with E-state index < -0.39 is 30.2 Å². The van der Waals surface area contributed by atoms with Gasteiger partial charge in [0.05, 0.1) is 12.2 Å². The van der Waals surface area contributed by atoms with Crippen molar-refractivity contribution in [3.8, 4) is 5.75 Å². The van der Waals surface area contributed by atoms with E-state index in [0.29, 0.717) is 28.9 Å². The molecule has 0 spiro atoms. The molecule has 0 saturated heterocycles. The first kappa shape index (κ1) is 27.5. The number of halogens is 5. The normalized spacial score (nSPS) is 12.0. The summed E-state index contributed by atoms with van der Waals surface area (Å²) in [5.74, 6) is -0.713. The van der Waals surface area contributed by atoms with Gasteiger partial charge in [0.2, 0.25) is 0 Å². The van der Waals surface area contributed by atoms with Crippen LogP contribution in [0.2, 0.25) is 0 Å². The molecule has 0 fully saturated rings. The fourth-order valence-electron chi connectivity index (χ4n) is 3.38. The molecule has 196 valence electrons. The zero-order chi connectivity index (χ0) is 27.1. The second-order valence-electron chi connectivity index (χ2n) is 8.26. The fraction of sp³-hybridized carbons (Fsp3) is 0.222. The number of hydrogen-bond donors (Lipinski definition) is 2. The monoisotopic (exact) mass is 520 g/mol. The van der Waals surface area contributed by atoms with Crippen molar-refractivity contribution in [2.75, 3.05) is 18.1 Å². The van der Waals surface area contributed by atoms with Crippen molar-refractivity contribution < 1.29 is 36.2 Å². The van der Waals surface area contributed by atoms with Crippen LogP contribution in [0.15, 0.2) is 72.8 Å². The van der Waals surface area contributed by atoms with Crippen LogP contribution in [0.4, 0.5) is 33.3 Å². The van der Waals surface area contributed by atoms with Gasteiger partial charge in [0.15, 0.2) is 0 Å². The van der Waals surface area contributed by atoms with Gasteiger partial charge in [-0.3, -0.25) is 0 Å². The third kappa shape index (κ3) is 9.14. The Hall–Kier alpha value is -4.08. The van der Waals surface area contributed by atoms with Gasteiger partial charge in [0.1, 0.15) is 5.75 Å². The number of aryl methyl sites for hydroxylation is 1. The molecule has 0 aliphatic carbocycles. The first-order valence-electron chi connectivity index (χ1n) is 11.2. The minimum atomic E-state index is -4.32. The topological polar surface area (TPSA) is 87.6 Å². The third-order valence-electron chi connectivity index (χ3n) is 5.20. The standard InChI is InChI=1S/C27H25F5N2O3/c28-26(29,30)13-11-19-1-6-21(7-2-19)27(31,32)37-24-8-3-18(4-9-24)5-10-25(35)36-14-12-20-15-22(33)17-23(34)16-20/h1-10,15-17H,11-14,33-34H2/b10-5+. The molecule has 0 aliphatic heterocycles. The molecule has 3 aromatic carbocycles. The van der Waals surface area contributed by atoms with E-state index in [0.717, 1.165) is 17.7 Å². The van der Waals surface area contributed by atoms with Crippen LogP contribution < -0.4 is 16.2 Å². The van der Waals surface area contributed by atoms with Crippen LogP contribution in [0, 0.1) is 0 Å². The molecular formula is C27H25F5N2O3. The van der Waals surface area contributed by atoms with Crippen molar-refractivity contribution in [2.24, 2.45) is 0 Å². The van der Waals surface area contributed by atoms with Crippen LogP contribution in [0.25, 0.3) is 6.08 Å². The zero-order valence-corrected chi connectivity index (χ0v) is 19.6. The van der Waals surface area contributed by atoms with Crippen LogP contribution in [-0.4, -0.2) is 18.8 Å². The summed E-state index contributed by atoms with van der Waals surface area (Å²) in [5, 5.41) is 0. The molecule has 5 nitrogen and oxygen atoms in total. The highest BCUT2D eigenvalue weighted by atomic mass is 19.4. The van der Waals surface area contributed by atoms with E-state index in [4.69, 9.17) is 20.9 Å². The van der Waals surface area contributed by atoms with Crippen LogP contribution in [0.5, 0.6) is 5.75 Å². The average Bonchev–Trinajstić information content (AvgIpc) is 2.81. The van der Waals surface area contributed by atoms with Gasteiger partial charge in [0.25, 0.3) is 0 Å². The molecule has 37 heavy (non-hydrogen) atoms. The molecule has 0 bridgehead atoms. The second-order valence-corrected chi connectivity index (χ2v) is 8.26. The Morgan fingerprint density at radius 2 is 1.43 bits per heavy atom. The van der Waals surface area contributed by atoms with Gasteiger partial charge in [-0.05, 0) is 71.7 Å². The molecule has 0 aromatic heterocycles. The molecule has 0 atom stereocenters. The van der Waals surface area contributed by atoms with E-state index in [9.17, 15) is 26.7 Å². The molecule has 10 heteroatoms. The lowest BCUT2D eigenvalue weighted by atomic mass is 10.1. The molecule has 0 unspecified atom stereocenters. The van der Waals surface area contributed by atoms with Crippen molar-refractivity contribution in [1.82, 2.24) is 0 Å². The van der Waals surface area contributed by atoms with Crippen molar-refractivity contribution in [2.45, 2.75) is 31.5 Å². The summed E-state index contributed by atoms with van der Waals surface area (Å²) in [7, 11) is 0. The van der Waals surface area contributed by atoms with E-state index in [1.165, 1.54) is 48.6 Å². The maximum atomic E-state index is 14.5. The summed E-state index contributed by atoms with van der Waals surface area (Å²) in [6.07, 6.45) is -6.24. The molecular weight excluding hydrogens is 495 g/mol. The van der Waals surface area contributed by atoms with Crippen molar-refractivity contribution in [3.63, 3.8) is 0 Å². The van der Waals surface area contributed by atoms with Crippen LogP contribution in [-0.2, 0) is 28.5 Å². The lowest BCUT2D eigenvalue weighted by Gasteiger charge is -2.18. The maximum absolute atomic E-state index is 14.5. The lowest BCUT2D eigenvalue weighted by Crippen LogP contribution is -2.21. The first-order valence-corrected chi connectivity index (χ1v) is 11.2. The smallest absolute Gasteiger partial charge is 0.426 e. The summed E-state index contributed by atoms with van der Waals surface area (Å²) in [4.78, 5) is 11.9. The number of anilines is 2. The molecule has 0 radical (unpaired) electrons. The Bertz CT molecular complexity index is 1200. The third-order valence-corrected chi connectivity index (χ3v) is 5.20. The van der Waals surface area contributed by atoms with Crippen LogP contribution >= 0.6 is 0 Å². The number of nitrogens with two attached hydrogens (primary N) is 2. The Morgan fingerprint density at radius 1 is 0.811 bits per heavy atom. The van der Waals surface area contributed by atoms with E-state index >= 15 is 0 Å². The van der Waals surface area contributed by atoms with Crippen LogP contribution in [0.1, 0.15) is 28.7 Å². The lowest BCUT2D eigenvalue weighted by molar-refractivity contribution is -0.185. The molecule has 0 heterocycles. The zero-order valence-electron chi connectivity index (χ0n) is 19.6. The SMILES string of the molecule is Nc1cc(N)cc(CCOC(=O)/C=C/c2ccc(OC(F)(F)c3ccc(CCC(F)(F)F)cc3)cc2)c1. The maximum Gasteiger partial charge on any atom is 0.426 e. The molecule has 0 amide bonds. The van der Waals surface area contributed by atoms with Crippen LogP contribution in [0.3, 0.4) is 0 Å². The average molecular weight is 520 g/mol. The quantitative estimate of drug-likeness (QED) is 0.142. The van der Waals surface area contributed by atoms with Crippen molar-refractivity contribution in [3.05, 3.63) is 95.1 Å². The van der Waals surface area contributed by atoms with Gasteiger partial charge in [-0.15, -0.1) is 0 Å². The first-order chi connectivity index (χ1) is 17.4. The summed E-state index contributed by atoms with van der Waals surface area (Å²) in [6.45, 7) is 0.122. The van der Waals surface area contributed by atoms with Gasteiger partial charge in [0, 0.05) is 30.3 Å². The Labute approximate surface area is 210 Å². The van der Waals surface area contributed by atoms with E-state index in [1.54, 1.807) is 18.2 Å². The number of carbonyl (C=O) groups is 1. The second kappa shape index (κ2) is 11.8. The van der Waals surface area contributed by atoms with Crippen molar-refractivity contribution in [1.29, 1.82) is 0 Å². The van der Waals surface area contributed by atoms with Gasteiger partial charge >= 0.3 is 18.3 Å². The summed E-state index contributed by atoms with van der Waals surface area (Å²) in [5.41, 5.74) is 13.7. The molecule has 3 aromatic rings. The Morgan fingerprint density at radius 3 is 2.03 bits per heavy atom. The molecule has 0 aliphatic rings. The highest BCUT2D eigenvalue weighted by molar-refractivity contribution is 5.87. The largest absolute Gasteiger partial charge is 0.462 e. The predicted octanol–water partition coefficient (Wildman–Crippen LogP) is 6.27. The number of hydrogen-bond acceptors (Lipinski definition) is 5. The number of alkyl halides is 5. The van der Waals surface area contributed by atoms with Crippen molar-refractivity contribution >= 4 is 23.4 Å². The summed E-state index contributed by atoms with van der Waals surface area (Å²) in [6, 6.07) is 15.2. The highest BCUT2D eigenvalue weighted by Crippen LogP contribution is 2.32. The van der Waals surface area contributed by atoms with Gasteiger partial charge < -0.3 is 20.9 Å². The van der Waals surface area contributed by atoms with E-state index in [1.807, 2.05) is 0 Å². The minimum Gasteiger partial charge on any atom is -0.462 e. The van der Waals surface area contributed by atoms with Gasteiger partial charge in [-0.2, -0.15) is 22.0 Å². The molecule has 3 rings (SSSR count). The highest BCUT2D eigenvalue weighted by Gasteiger charge is 2.34. The Balaban J connectivity index is 1.50. The summed E-state index contributed by atoms with van der Waals surface area (Å²) >= 11 is 0. The van der Waals surface area contributed by atoms with E-state index in [-0.39, 0.29) is 18.8 Å². The number of esters is 1. The Kier molecular flexibility index (Phi) is 8.75. The fourth-order valence-corrected chi connectivity index (χ4v) is 3.38. The number of rotatable bonds is 10. The van der Waals surface area contributed by atoms with Gasteiger partial charge in [-0.1, -0.05) is 24.3 Å². The number of nitrogen functional groups attached to an aromatic ring is 2. The predicted molar refractivity (Wildman–Crippen MR) is 131 cm³/mol. The summed E-state index contributed by atoms with van der Waals surface area (Å²) < 4.78 is 75.9. The number of ether oxygens (including phenoxy) is 2. The van der Waals surface area contributed by atoms with E-state index in [2.05, 4.69) is 0 Å². The minimum absolute atomic E-state index is 0.122. The molecule has 0 saturated carbocycles.